The summed E-state index contributed by atoms with van der Waals surface area (Å²) in [5, 5.41) is 11.4. The lowest BCUT2D eigenvalue weighted by molar-refractivity contribution is 0.0740. The maximum atomic E-state index is 12.5. The Kier molecular flexibility index (Phi) is 3.56. The van der Waals surface area contributed by atoms with Crippen LogP contribution in [-0.2, 0) is 0 Å². The maximum absolute atomic E-state index is 12.5. The summed E-state index contributed by atoms with van der Waals surface area (Å²) in [5.41, 5.74) is 1.96. The summed E-state index contributed by atoms with van der Waals surface area (Å²) in [4.78, 5) is 25.3. The number of rotatable bonds is 2. The number of aromatic nitrogens is 5. The first-order valence-electron chi connectivity index (χ1n) is 7.85. The van der Waals surface area contributed by atoms with Crippen molar-refractivity contribution in [3.05, 3.63) is 42.0 Å². The van der Waals surface area contributed by atoms with Crippen LogP contribution in [0, 0.1) is 6.92 Å². The van der Waals surface area contributed by atoms with E-state index in [9.17, 15) is 4.79 Å². The van der Waals surface area contributed by atoms with Gasteiger partial charge in [-0.05, 0) is 19.1 Å². The molecule has 24 heavy (non-hydrogen) atoms. The number of hydrogen-bond acceptors (Lipinski definition) is 6. The van der Waals surface area contributed by atoms with E-state index < -0.39 is 0 Å². The molecular formula is C16H17N7O. The molecule has 3 aromatic rings. The molecule has 1 aliphatic rings. The van der Waals surface area contributed by atoms with Gasteiger partial charge in [-0.25, -0.2) is 9.97 Å². The van der Waals surface area contributed by atoms with Gasteiger partial charge in [0.25, 0.3) is 5.91 Å². The number of nitrogens with one attached hydrogen (secondary N) is 1. The van der Waals surface area contributed by atoms with Crippen molar-refractivity contribution in [1.82, 2.24) is 30.3 Å². The van der Waals surface area contributed by atoms with Gasteiger partial charge < -0.3 is 9.80 Å². The molecule has 0 saturated carbocycles. The number of aromatic amines is 1. The minimum atomic E-state index is -0.0755. The Balaban J connectivity index is 1.52. The molecule has 1 fully saturated rings. The Bertz CT molecular complexity index is 878. The molecule has 0 atom stereocenters. The van der Waals surface area contributed by atoms with Gasteiger partial charge in [-0.2, -0.15) is 15.4 Å². The number of anilines is 1. The smallest absolute Gasteiger partial charge is 0.276 e. The van der Waals surface area contributed by atoms with Crippen molar-refractivity contribution in [1.29, 1.82) is 0 Å². The summed E-state index contributed by atoms with van der Waals surface area (Å²) in [7, 11) is 0. The Morgan fingerprint density at radius 2 is 1.88 bits per heavy atom. The zero-order chi connectivity index (χ0) is 16.5. The quantitative estimate of drug-likeness (QED) is 0.757. The van der Waals surface area contributed by atoms with E-state index in [1.54, 1.807) is 13.3 Å². The molecular weight excluding hydrogens is 306 g/mol. The molecule has 0 unspecified atom stereocenters. The number of hydrogen-bond donors (Lipinski definition) is 1. The average Bonchev–Trinajstić information content (AvgIpc) is 3.07. The molecule has 122 valence electrons. The van der Waals surface area contributed by atoms with E-state index in [-0.39, 0.29) is 5.91 Å². The third-order valence-corrected chi connectivity index (χ3v) is 4.31. The number of H-pyrrole nitrogens is 1. The third kappa shape index (κ3) is 2.45. The fourth-order valence-electron chi connectivity index (χ4n) is 3.00. The Hall–Kier alpha value is -3.03. The molecule has 1 amide bonds. The molecule has 1 saturated heterocycles. The van der Waals surface area contributed by atoms with Crippen molar-refractivity contribution in [2.75, 3.05) is 31.1 Å². The lowest BCUT2D eigenvalue weighted by Gasteiger charge is -2.35. The zero-order valence-electron chi connectivity index (χ0n) is 13.3. The number of para-hydroxylation sites is 1. The van der Waals surface area contributed by atoms with Gasteiger partial charge in [-0.15, -0.1) is 0 Å². The molecule has 4 rings (SSSR count). The van der Waals surface area contributed by atoms with E-state index in [0.29, 0.717) is 24.5 Å². The van der Waals surface area contributed by atoms with Gasteiger partial charge in [0.15, 0.2) is 5.69 Å². The highest BCUT2D eigenvalue weighted by Crippen LogP contribution is 2.23. The number of benzene rings is 1. The number of fused-ring (bicyclic) bond motifs is 1. The Morgan fingerprint density at radius 3 is 2.62 bits per heavy atom. The van der Waals surface area contributed by atoms with E-state index in [4.69, 9.17) is 0 Å². The van der Waals surface area contributed by atoms with E-state index >= 15 is 0 Å². The molecule has 0 spiro atoms. The topological polar surface area (TPSA) is 90.9 Å². The summed E-state index contributed by atoms with van der Waals surface area (Å²) in [5.74, 6) is 0.846. The minimum Gasteiger partial charge on any atom is -0.352 e. The van der Waals surface area contributed by atoms with Crippen LogP contribution in [0.4, 0.5) is 5.82 Å². The summed E-state index contributed by atoms with van der Waals surface area (Å²) < 4.78 is 0. The van der Waals surface area contributed by atoms with Gasteiger partial charge in [0.2, 0.25) is 0 Å². The lowest BCUT2D eigenvalue weighted by Crippen LogP contribution is -2.49. The predicted molar refractivity (Wildman–Crippen MR) is 88.8 cm³/mol. The van der Waals surface area contributed by atoms with E-state index in [0.717, 1.165) is 29.8 Å². The van der Waals surface area contributed by atoms with Crippen LogP contribution in [0.25, 0.3) is 10.9 Å². The summed E-state index contributed by atoms with van der Waals surface area (Å²) >= 11 is 0. The summed E-state index contributed by atoms with van der Waals surface area (Å²) in [6.45, 7) is 4.49. The van der Waals surface area contributed by atoms with Crippen molar-refractivity contribution >= 4 is 22.6 Å². The minimum absolute atomic E-state index is 0.0755. The number of amides is 1. The third-order valence-electron chi connectivity index (χ3n) is 4.31. The molecule has 0 bridgehead atoms. The Morgan fingerprint density at radius 1 is 1.08 bits per heavy atom. The van der Waals surface area contributed by atoms with Crippen LogP contribution in [0.2, 0.25) is 0 Å². The van der Waals surface area contributed by atoms with Crippen LogP contribution in [0.15, 0.2) is 30.6 Å². The standard InChI is InChI=1S/C16H17N7O/c1-11-14(20-21-19-11)16(24)23-8-6-22(7-9-23)15-12-4-2-3-5-13(12)17-10-18-15/h2-5,10H,6-9H2,1H3,(H,19,20,21). The van der Waals surface area contributed by atoms with Crippen LogP contribution in [0.3, 0.4) is 0 Å². The van der Waals surface area contributed by atoms with Crippen LogP contribution < -0.4 is 4.90 Å². The highest BCUT2D eigenvalue weighted by molar-refractivity contribution is 5.93. The maximum Gasteiger partial charge on any atom is 0.276 e. The largest absolute Gasteiger partial charge is 0.352 e. The first-order valence-corrected chi connectivity index (χ1v) is 7.85. The normalized spacial score (nSPS) is 15.0. The number of nitrogens with zero attached hydrogens (tertiary/aromatic N) is 6. The van der Waals surface area contributed by atoms with Crippen molar-refractivity contribution < 1.29 is 4.79 Å². The monoisotopic (exact) mass is 323 g/mol. The number of aryl methyl sites for hydroxylation is 1. The SMILES string of the molecule is Cc1n[nH]nc1C(=O)N1CCN(c2ncnc3ccccc23)CC1. The van der Waals surface area contributed by atoms with Gasteiger partial charge in [-0.1, -0.05) is 12.1 Å². The lowest BCUT2D eigenvalue weighted by atomic mass is 10.2. The molecule has 1 N–H and O–H groups in total. The molecule has 2 aromatic heterocycles. The van der Waals surface area contributed by atoms with Crippen molar-refractivity contribution in [2.24, 2.45) is 0 Å². The highest BCUT2D eigenvalue weighted by atomic mass is 16.2. The summed E-state index contributed by atoms with van der Waals surface area (Å²) in [6, 6.07) is 7.97. The molecule has 1 aliphatic heterocycles. The molecule has 3 heterocycles. The van der Waals surface area contributed by atoms with Crippen molar-refractivity contribution in [3.63, 3.8) is 0 Å². The second kappa shape index (κ2) is 5.88. The fraction of sp³-hybridized carbons (Fsp3) is 0.312. The van der Waals surface area contributed by atoms with Crippen molar-refractivity contribution in [3.8, 4) is 0 Å². The van der Waals surface area contributed by atoms with E-state index in [1.165, 1.54) is 0 Å². The Labute approximate surface area is 138 Å². The van der Waals surface area contributed by atoms with Crippen LogP contribution >= 0.6 is 0 Å². The van der Waals surface area contributed by atoms with Crippen LogP contribution in [0.5, 0.6) is 0 Å². The van der Waals surface area contributed by atoms with Gasteiger partial charge >= 0.3 is 0 Å². The first kappa shape index (κ1) is 14.6. The molecule has 0 radical (unpaired) electrons. The molecule has 1 aromatic carbocycles. The highest BCUT2D eigenvalue weighted by Gasteiger charge is 2.26. The zero-order valence-corrected chi connectivity index (χ0v) is 13.3. The van der Waals surface area contributed by atoms with Crippen LogP contribution in [-0.4, -0.2) is 62.4 Å². The predicted octanol–water partition coefficient (Wildman–Crippen LogP) is 1.02. The average molecular weight is 323 g/mol. The van der Waals surface area contributed by atoms with E-state index in [1.807, 2.05) is 29.2 Å². The fourth-order valence-corrected chi connectivity index (χ4v) is 3.00. The second-order valence-corrected chi connectivity index (χ2v) is 5.75. The van der Waals surface area contributed by atoms with Gasteiger partial charge in [0, 0.05) is 31.6 Å². The number of piperazine rings is 1. The summed E-state index contributed by atoms with van der Waals surface area (Å²) in [6.07, 6.45) is 1.59. The molecule has 8 heteroatoms. The second-order valence-electron chi connectivity index (χ2n) is 5.75. The molecule has 8 nitrogen and oxygen atoms in total. The van der Waals surface area contributed by atoms with Crippen molar-refractivity contribution in [2.45, 2.75) is 6.92 Å². The molecule has 0 aliphatic carbocycles. The van der Waals surface area contributed by atoms with Gasteiger partial charge in [-0.3, -0.25) is 4.79 Å². The van der Waals surface area contributed by atoms with E-state index in [2.05, 4.69) is 30.3 Å². The van der Waals surface area contributed by atoms with Gasteiger partial charge in [0.1, 0.15) is 12.1 Å². The van der Waals surface area contributed by atoms with Crippen LogP contribution in [0.1, 0.15) is 16.2 Å². The number of carbonyl (C=O) groups excluding carboxylic acids is 1. The number of carbonyl (C=O) groups is 1. The van der Waals surface area contributed by atoms with Gasteiger partial charge in [0.05, 0.1) is 11.2 Å². The first-order chi connectivity index (χ1) is 11.7.